The highest BCUT2D eigenvalue weighted by atomic mass is 16.4. The van der Waals surface area contributed by atoms with Gasteiger partial charge in [0, 0.05) is 20.3 Å². The Labute approximate surface area is 88.9 Å². The van der Waals surface area contributed by atoms with E-state index in [1.165, 1.54) is 0 Å². The maximum absolute atomic E-state index is 10.3. The lowest BCUT2D eigenvalue weighted by Gasteiger charge is -2.10. The van der Waals surface area contributed by atoms with Crippen molar-refractivity contribution in [3.05, 3.63) is 30.0 Å². The number of aliphatic carboxylic acids is 1. The van der Waals surface area contributed by atoms with Crippen LogP contribution >= 0.6 is 0 Å². The summed E-state index contributed by atoms with van der Waals surface area (Å²) in [5, 5.41) is 8.43. The van der Waals surface area contributed by atoms with Gasteiger partial charge >= 0.3 is 5.97 Å². The fourth-order valence-corrected chi connectivity index (χ4v) is 1.06. The highest BCUT2D eigenvalue weighted by Crippen LogP contribution is 2.09. The zero-order valence-electron chi connectivity index (χ0n) is 8.84. The van der Waals surface area contributed by atoms with Gasteiger partial charge in [-0.2, -0.15) is 0 Å². The second-order valence-electron chi connectivity index (χ2n) is 3.34. The highest BCUT2D eigenvalue weighted by molar-refractivity contribution is 5.70. The van der Waals surface area contributed by atoms with E-state index >= 15 is 0 Å². The number of anilines is 1. The summed E-state index contributed by atoms with van der Waals surface area (Å²) in [6, 6.07) is 3.79. The monoisotopic (exact) mass is 206 g/mol. The van der Waals surface area contributed by atoms with Crippen LogP contribution in [-0.2, 0) is 4.79 Å². The third kappa shape index (κ3) is 3.81. The number of rotatable bonds is 4. The van der Waals surface area contributed by atoms with Crippen molar-refractivity contribution in [1.29, 1.82) is 0 Å². The molecular weight excluding hydrogens is 192 g/mol. The Morgan fingerprint density at radius 3 is 2.73 bits per heavy atom. The van der Waals surface area contributed by atoms with Gasteiger partial charge in [-0.25, -0.2) is 4.98 Å². The molecule has 0 bridgehead atoms. The first-order valence-electron chi connectivity index (χ1n) is 4.61. The van der Waals surface area contributed by atoms with Crippen LogP contribution in [0.4, 0.5) is 5.82 Å². The summed E-state index contributed by atoms with van der Waals surface area (Å²) in [6.07, 6.45) is 5.11. The first-order chi connectivity index (χ1) is 7.09. The number of carboxylic acids is 1. The molecule has 0 saturated carbocycles. The highest BCUT2D eigenvalue weighted by Gasteiger charge is 1.95. The van der Waals surface area contributed by atoms with Gasteiger partial charge in [-0.15, -0.1) is 0 Å². The minimum Gasteiger partial charge on any atom is -0.481 e. The van der Waals surface area contributed by atoms with Crippen molar-refractivity contribution in [2.24, 2.45) is 0 Å². The molecule has 1 heterocycles. The summed E-state index contributed by atoms with van der Waals surface area (Å²) < 4.78 is 0. The third-order valence-electron chi connectivity index (χ3n) is 1.83. The molecule has 4 heteroatoms. The lowest BCUT2D eigenvalue weighted by atomic mass is 10.2. The van der Waals surface area contributed by atoms with Gasteiger partial charge in [0.05, 0.1) is 6.42 Å². The Morgan fingerprint density at radius 1 is 1.53 bits per heavy atom. The van der Waals surface area contributed by atoms with Crippen LogP contribution in [0.5, 0.6) is 0 Å². The molecule has 1 aromatic rings. The van der Waals surface area contributed by atoms with Crippen molar-refractivity contribution in [2.45, 2.75) is 6.42 Å². The molecule has 4 nitrogen and oxygen atoms in total. The number of pyridine rings is 1. The van der Waals surface area contributed by atoms with Crippen LogP contribution in [-0.4, -0.2) is 30.2 Å². The fourth-order valence-electron chi connectivity index (χ4n) is 1.06. The van der Waals surface area contributed by atoms with E-state index in [1.807, 2.05) is 31.1 Å². The molecule has 1 N–H and O–H groups in total. The minimum atomic E-state index is -0.830. The molecular formula is C11H14N2O2. The molecule has 0 saturated heterocycles. The van der Waals surface area contributed by atoms with Crippen molar-refractivity contribution in [3.63, 3.8) is 0 Å². The van der Waals surface area contributed by atoms with Crippen LogP contribution in [0.25, 0.3) is 6.08 Å². The molecule has 0 radical (unpaired) electrons. The first-order valence-corrected chi connectivity index (χ1v) is 4.61. The van der Waals surface area contributed by atoms with Crippen molar-refractivity contribution in [2.75, 3.05) is 19.0 Å². The molecule has 0 amide bonds. The van der Waals surface area contributed by atoms with E-state index in [9.17, 15) is 4.79 Å². The lowest BCUT2D eigenvalue weighted by Crippen LogP contribution is -2.09. The van der Waals surface area contributed by atoms with E-state index in [4.69, 9.17) is 5.11 Å². The molecule has 0 aromatic carbocycles. The molecule has 80 valence electrons. The number of aromatic nitrogens is 1. The largest absolute Gasteiger partial charge is 0.481 e. The fraction of sp³-hybridized carbons (Fsp3) is 0.273. The summed E-state index contributed by atoms with van der Waals surface area (Å²) in [5.41, 5.74) is 0.904. The van der Waals surface area contributed by atoms with Crippen LogP contribution < -0.4 is 4.90 Å². The SMILES string of the molecule is CN(C)c1ccc(C=CCC(=O)O)cn1. The van der Waals surface area contributed by atoms with Gasteiger partial charge in [0.2, 0.25) is 0 Å². The second-order valence-corrected chi connectivity index (χ2v) is 3.34. The molecule has 0 fully saturated rings. The number of carboxylic acid groups (broad SMARTS) is 1. The van der Waals surface area contributed by atoms with E-state index in [0.717, 1.165) is 11.4 Å². The average molecular weight is 206 g/mol. The smallest absolute Gasteiger partial charge is 0.307 e. The topological polar surface area (TPSA) is 53.4 Å². The second kappa shape index (κ2) is 5.14. The van der Waals surface area contributed by atoms with Gasteiger partial charge in [0.25, 0.3) is 0 Å². The zero-order chi connectivity index (χ0) is 11.3. The van der Waals surface area contributed by atoms with E-state index < -0.39 is 5.97 Å². The predicted molar refractivity (Wildman–Crippen MR) is 59.9 cm³/mol. The minimum absolute atomic E-state index is 0.0371. The molecule has 15 heavy (non-hydrogen) atoms. The van der Waals surface area contributed by atoms with Gasteiger partial charge in [-0.3, -0.25) is 4.79 Å². The quantitative estimate of drug-likeness (QED) is 0.813. The molecule has 0 aliphatic rings. The van der Waals surface area contributed by atoms with Crippen LogP contribution in [0.15, 0.2) is 24.4 Å². The lowest BCUT2D eigenvalue weighted by molar-refractivity contribution is -0.135. The molecule has 1 aromatic heterocycles. The normalized spacial score (nSPS) is 10.5. The Morgan fingerprint density at radius 2 is 2.27 bits per heavy atom. The maximum Gasteiger partial charge on any atom is 0.307 e. The Kier molecular flexibility index (Phi) is 3.85. The zero-order valence-corrected chi connectivity index (χ0v) is 8.84. The number of carbonyl (C=O) groups is 1. The van der Waals surface area contributed by atoms with Crippen LogP contribution in [0.2, 0.25) is 0 Å². The summed E-state index contributed by atoms with van der Waals surface area (Å²) in [6.45, 7) is 0. The van der Waals surface area contributed by atoms with Crippen LogP contribution in [0.3, 0.4) is 0 Å². The van der Waals surface area contributed by atoms with Crippen LogP contribution in [0.1, 0.15) is 12.0 Å². The summed E-state index contributed by atoms with van der Waals surface area (Å²) >= 11 is 0. The van der Waals surface area contributed by atoms with Crippen LogP contribution in [0, 0.1) is 0 Å². The third-order valence-corrected chi connectivity index (χ3v) is 1.83. The van der Waals surface area contributed by atoms with E-state index in [1.54, 1.807) is 18.3 Å². The summed E-state index contributed by atoms with van der Waals surface area (Å²) in [5.74, 6) is 0.0505. The Balaban J connectivity index is 2.64. The number of hydrogen-bond acceptors (Lipinski definition) is 3. The van der Waals surface area contributed by atoms with Gasteiger partial charge in [0.15, 0.2) is 0 Å². The molecule has 0 atom stereocenters. The molecule has 0 spiro atoms. The maximum atomic E-state index is 10.3. The standard InChI is InChI=1S/C11H14N2O2/c1-13(2)10-7-6-9(8-12-10)4-3-5-11(14)15/h3-4,6-8H,5H2,1-2H3,(H,14,15). The number of nitrogens with zero attached hydrogens (tertiary/aromatic N) is 2. The first kappa shape index (κ1) is 11.2. The molecule has 0 aliphatic heterocycles. The average Bonchev–Trinajstić information content (AvgIpc) is 2.18. The van der Waals surface area contributed by atoms with Gasteiger partial charge in [-0.05, 0) is 17.7 Å². The van der Waals surface area contributed by atoms with Crippen molar-refractivity contribution in [1.82, 2.24) is 4.98 Å². The van der Waals surface area contributed by atoms with E-state index in [-0.39, 0.29) is 6.42 Å². The Bertz CT molecular complexity index is 355. The van der Waals surface area contributed by atoms with Crippen molar-refractivity contribution >= 4 is 17.9 Å². The molecule has 0 unspecified atom stereocenters. The predicted octanol–water partition coefficient (Wildman–Crippen LogP) is 1.64. The summed E-state index contributed by atoms with van der Waals surface area (Å²) in [7, 11) is 3.84. The molecule has 0 aliphatic carbocycles. The Hall–Kier alpha value is -1.84. The molecule has 1 rings (SSSR count). The van der Waals surface area contributed by atoms with Gasteiger partial charge < -0.3 is 10.0 Å². The van der Waals surface area contributed by atoms with Crippen molar-refractivity contribution < 1.29 is 9.90 Å². The van der Waals surface area contributed by atoms with Crippen molar-refractivity contribution in [3.8, 4) is 0 Å². The van der Waals surface area contributed by atoms with Gasteiger partial charge in [-0.1, -0.05) is 12.2 Å². The van der Waals surface area contributed by atoms with E-state index in [2.05, 4.69) is 4.98 Å². The van der Waals surface area contributed by atoms with E-state index in [0.29, 0.717) is 0 Å². The van der Waals surface area contributed by atoms with Gasteiger partial charge in [0.1, 0.15) is 5.82 Å². The summed E-state index contributed by atoms with van der Waals surface area (Å²) in [4.78, 5) is 16.4. The number of hydrogen-bond donors (Lipinski definition) is 1.